The van der Waals surface area contributed by atoms with Crippen LogP contribution in [-0.4, -0.2) is 6.04 Å². The van der Waals surface area contributed by atoms with Crippen molar-refractivity contribution in [3.63, 3.8) is 0 Å². The van der Waals surface area contributed by atoms with Crippen LogP contribution in [0.2, 0.25) is 0 Å². The van der Waals surface area contributed by atoms with E-state index in [4.69, 9.17) is 0 Å². The minimum Gasteiger partial charge on any atom is -0.307 e. The van der Waals surface area contributed by atoms with Crippen LogP contribution in [0, 0.1) is 12.8 Å². The molecule has 1 fully saturated rings. The predicted molar refractivity (Wildman–Crippen MR) is 64.9 cm³/mol. The van der Waals surface area contributed by atoms with Gasteiger partial charge in [-0.1, -0.05) is 24.3 Å². The second kappa shape index (κ2) is 4.36. The third kappa shape index (κ3) is 2.60. The molecule has 1 aromatic carbocycles. The molecular weight excluding hydrogens is 182 g/mol. The van der Waals surface area contributed by atoms with Crippen LogP contribution in [0.4, 0.5) is 0 Å². The average Bonchev–Trinajstić information content (AvgIpc) is 3.01. The molecule has 0 heterocycles. The Morgan fingerprint density at radius 2 is 1.87 bits per heavy atom. The summed E-state index contributed by atoms with van der Waals surface area (Å²) in [6.07, 6.45) is 2.82. The summed E-state index contributed by atoms with van der Waals surface area (Å²) in [5, 5.41) is 3.70. The molecule has 82 valence electrons. The maximum atomic E-state index is 3.70. The van der Waals surface area contributed by atoms with Gasteiger partial charge in [0.15, 0.2) is 0 Å². The molecule has 0 saturated heterocycles. The van der Waals surface area contributed by atoms with Gasteiger partial charge in [0.2, 0.25) is 0 Å². The molecule has 1 unspecified atom stereocenters. The summed E-state index contributed by atoms with van der Waals surface area (Å²) in [5.41, 5.74) is 2.82. The van der Waals surface area contributed by atoms with E-state index < -0.39 is 0 Å². The van der Waals surface area contributed by atoms with Crippen molar-refractivity contribution < 1.29 is 0 Å². The SMILES string of the molecule is Cc1ccccc1[C@H](C)NC(C)C1CC1. The van der Waals surface area contributed by atoms with Crippen LogP contribution >= 0.6 is 0 Å². The lowest BCUT2D eigenvalue weighted by Crippen LogP contribution is -2.30. The van der Waals surface area contributed by atoms with Crippen LogP contribution in [0.1, 0.15) is 43.9 Å². The highest BCUT2D eigenvalue weighted by Gasteiger charge is 2.28. The van der Waals surface area contributed by atoms with E-state index in [1.165, 1.54) is 24.0 Å². The van der Waals surface area contributed by atoms with E-state index in [9.17, 15) is 0 Å². The highest BCUT2D eigenvalue weighted by Crippen LogP contribution is 2.33. The molecular formula is C14H21N. The van der Waals surface area contributed by atoms with Crippen molar-refractivity contribution in [3.8, 4) is 0 Å². The highest BCUT2D eigenvalue weighted by molar-refractivity contribution is 5.28. The van der Waals surface area contributed by atoms with Gasteiger partial charge in [-0.05, 0) is 50.7 Å². The molecule has 0 spiro atoms. The summed E-state index contributed by atoms with van der Waals surface area (Å²) in [4.78, 5) is 0. The number of nitrogens with one attached hydrogen (secondary N) is 1. The van der Waals surface area contributed by atoms with Crippen molar-refractivity contribution in [1.82, 2.24) is 5.32 Å². The molecule has 0 aliphatic heterocycles. The average molecular weight is 203 g/mol. The molecule has 1 aliphatic carbocycles. The minimum atomic E-state index is 0.474. The van der Waals surface area contributed by atoms with Gasteiger partial charge in [-0.25, -0.2) is 0 Å². The third-order valence-electron chi connectivity index (χ3n) is 3.50. The summed E-state index contributed by atoms with van der Waals surface area (Å²) in [7, 11) is 0. The summed E-state index contributed by atoms with van der Waals surface area (Å²) in [5.74, 6) is 0.927. The molecule has 1 heteroatoms. The molecule has 0 radical (unpaired) electrons. The van der Waals surface area contributed by atoms with Gasteiger partial charge in [0.1, 0.15) is 0 Å². The fourth-order valence-corrected chi connectivity index (χ4v) is 2.29. The number of benzene rings is 1. The van der Waals surface area contributed by atoms with Gasteiger partial charge in [-0.3, -0.25) is 0 Å². The van der Waals surface area contributed by atoms with Gasteiger partial charge in [0, 0.05) is 12.1 Å². The van der Waals surface area contributed by atoms with E-state index in [1.807, 2.05) is 0 Å². The molecule has 0 bridgehead atoms. The third-order valence-corrected chi connectivity index (χ3v) is 3.50. The second-order valence-electron chi connectivity index (χ2n) is 4.87. The maximum absolute atomic E-state index is 3.70. The Bertz CT molecular complexity index is 328. The van der Waals surface area contributed by atoms with Crippen molar-refractivity contribution in [2.45, 2.75) is 45.7 Å². The van der Waals surface area contributed by atoms with Crippen molar-refractivity contribution in [2.24, 2.45) is 5.92 Å². The van der Waals surface area contributed by atoms with Crippen LogP contribution in [0.5, 0.6) is 0 Å². The van der Waals surface area contributed by atoms with Crippen LogP contribution < -0.4 is 5.32 Å². The fourth-order valence-electron chi connectivity index (χ4n) is 2.29. The second-order valence-corrected chi connectivity index (χ2v) is 4.87. The standard InChI is InChI=1S/C14H21N/c1-10-6-4-5-7-14(10)12(3)15-11(2)13-8-9-13/h4-7,11-13,15H,8-9H2,1-3H3/t11?,12-/m0/s1. The van der Waals surface area contributed by atoms with Gasteiger partial charge in [-0.15, -0.1) is 0 Å². The topological polar surface area (TPSA) is 12.0 Å². The molecule has 1 saturated carbocycles. The van der Waals surface area contributed by atoms with Crippen molar-refractivity contribution in [3.05, 3.63) is 35.4 Å². The molecule has 1 N–H and O–H groups in total. The van der Waals surface area contributed by atoms with Crippen LogP contribution in [-0.2, 0) is 0 Å². The summed E-state index contributed by atoms with van der Waals surface area (Å²) in [6, 6.07) is 9.79. The highest BCUT2D eigenvalue weighted by atomic mass is 15.0. The van der Waals surface area contributed by atoms with Crippen molar-refractivity contribution in [2.75, 3.05) is 0 Å². The van der Waals surface area contributed by atoms with Gasteiger partial charge in [0.05, 0.1) is 0 Å². The van der Waals surface area contributed by atoms with Crippen LogP contribution in [0.15, 0.2) is 24.3 Å². The Hall–Kier alpha value is -0.820. The summed E-state index contributed by atoms with van der Waals surface area (Å²) in [6.45, 7) is 6.77. The van der Waals surface area contributed by atoms with E-state index in [0.29, 0.717) is 12.1 Å². The lowest BCUT2D eigenvalue weighted by molar-refractivity contribution is 0.440. The van der Waals surface area contributed by atoms with E-state index in [0.717, 1.165) is 5.92 Å². The molecule has 1 aliphatic rings. The van der Waals surface area contributed by atoms with Gasteiger partial charge >= 0.3 is 0 Å². The first-order chi connectivity index (χ1) is 7.18. The molecule has 1 aromatic rings. The van der Waals surface area contributed by atoms with E-state index >= 15 is 0 Å². The lowest BCUT2D eigenvalue weighted by Gasteiger charge is -2.21. The van der Waals surface area contributed by atoms with Crippen LogP contribution in [0.3, 0.4) is 0 Å². The Morgan fingerprint density at radius 3 is 2.47 bits per heavy atom. The predicted octanol–water partition coefficient (Wildman–Crippen LogP) is 3.44. The first-order valence-corrected chi connectivity index (χ1v) is 6.00. The molecule has 15 heavy (non-hydrogen) atoms. The van der Waals surface area contributed by atoms with E-state index in [1.54, 1.807) is 0 Å². The van der Waals surface area contributed by atoms with Gasteiger partial charge in [0.25, 0.3) is 0 Å². The Labute approximate surface area is 92.9 Å². The summed E-state index contributed by atoms with van der Waals surface area (Å²) >= 11 is 0. The Balaban J connectivity index is 2.00. The zero-order valence-corrected chi connectivity index (χ0v) is 9.96. The van der Waals surface area contributed by atoms with Crippen LogP contribution in [0.25, 0.3) is 0 Å². The number of rotatable bonds is 4. The van der Waals surface area contributed by atoms with Crippen molar-refractivity contribution >= 4 is 0 Å². The fraction of sp³-hybridized carbons (Fsp3) is 0.571. The lowest BCUT2D eigenvalue weighted by atomic mass is 10.0. The summed E-state index contributed by atoms with van der Waals surface area (Å²) < 4.78 is 0. The van der Waals surface area contributed by atoms with Gasteiger partial charge in [-0.2, -0.15) is 0 Å². The number of aryl methyl sites for hydroxylation is 1. The Kier molecular flexibility index (Phi) is 3.11. The maximum Gasteiger partial charge on any atom is 0.0296 e. The zero-order valence-electron chi connectivity index (χ0n) is 9.96. The molecule has 0 aromatic heterocycles. The smallest absolute Gasteiger partial charge is 0.0296 e. The Morgan fingerprint density at radius 1 is 1.20 bits per heavy atom. The first kappa shape index (κ1) is 10.7. The number of hydrogen-bond acceptors (Lipinski definition) is 1. The van der Waals surface area contributed by atoms with E-state index in [-0.39, 0.29) is 0 Å². The molecule has 0 amide bonds. The molecule has 2 atom stereocenters. The molecule has 1 nitrogen and oxygen atoms in total. The number of hydrogen-bond donors (Lipinski definition) is 1. The zero-order chi connectivity index (χ0) is 10.8. The molecule has 2 rings (SSSR count). The quantitative estimate of drug-likeness (QED) is 0.790. The normalized spacial score (nSPS) is 19.9. The van der Waals surface area contributed by atoms with E-state index in [2.05, 4.69) is 50.4 Å². The van der Waals surface area contributed by atoms with Gasteiger partial charge < -0.3 is 5.32 Å². The first-order valence-electron chi connectivity index (χ1n) is 6.00. The largest absolute Gasteiger partial charge is 0.307 e. The monoisotopic (exact) mass is 203 g/mol. The minimum absolute atomic E-state index is 0.474. The van der Waals surface area contributed by atoms with Crippen molar-refractivity contribution in [1.29, 1.82) is 0 Å².